The smallest absolute Gasteiger partial charge is 0.307 e. The zero-order valence-corrected chi connectivity index (χ0v) is 13.0. The Morgan fingerprint density at radius 1 is 1.43 bits per heavy atom. The predicted molar refractivity (Wildman–Crippen MR) is 77.3 cm³/mol. The van der Waals surface area contributed by atoms with Gasteiger partial charge in [-0.15, -0.1) is 0 Å². The van der Waals surface area contributed by atoms with Crippen LogP contribution in [0.25, 0.3) is 0 Å². The Labute approximate surface area is 125 Å². The van der Waals surface area contributed by atoms with Gasteiger partial charge in [0.15, 0.2) is 5.78 Å². The van der Waals surface area contributed by atoms with E-state index >= 15 is 0 Å². The molecule has 1 saturated carbocycles. The Hall–Kier alpha value is -1.42. The lowest BCUT2D eigenvalue weighted by Crippen LogP contribution is -2.54. The van der Waals surface area contributed by atoms with Crippen LogP contribution in [0.3, 0.4) is 0 Å². The van der Waals surface area contributed by atoms with Crippen LogP contribution in [-0.2, 0) is 19.1 Å². The number of esters is 1. The second-order valence-corrected chi connectivity index (χ2v) is 6.80. The molecule has 114 valence electrons. The minimum atomic E-state index is -0.370. The predicted octanol–water partition coefficient (Wildman–Crippen LogP) is 2.78. The Balaban J connectivity index is 2.02. The molecule has 5 unspecified atom stereocenters. The zero-order valence-electron chi connectivity index (χ0n) is 13.0. The average Bonchev–Trinajstić information content (AvgIpc) is 3.14. The first-order valence-corrected chi connectivity index (χ1v) is 7.57. The number of hydrogen-bond donors (Lipinski definition) is 0. The first-order chi connectivity index (χ1) is 9.83. The maximum Gasteiger partial charge on any atom is 0.307 e. The maximum absolute atomic E-state index is 12.5. The first kappa shape index (κ1) is 14.5. The molecule has 2 fully saturated rings. The molecule has 4 heteroatoms. The van der Waals surface area contributed by atoms with Crippen molar-refractivity contribution in [3.63, 3.8) is 0 Å². The molecular weight excluding hydrogens is 268 g/mol. The van der Waals surface area contributed by atoms with E-state index in [1.807, 2.05) is 13.0 Å². The largest absolute Gasteiger partial charge is 0.435 e. The van der Waals surface area contributed by atoms with Crippen LogP contribution < -0.4 is 0 Å². The van der Waals surface area contributed by atoms with Crippen LogP contribution in [0.2, 0.25) is 0 Å². The SMILES string of the molecule is CC(=O)OC=C(C)C1C(=O)C=CC23OC2CCC(C)C13C. The fraction of sp³-hybridized carbons (Fsp3) is 0.647. The molecule has 0 bridgehead atoms. The van der Waals surface area contributed by atoms with Gasteiger partial charge >= 0.3 is 5.97 Å². The molecule has 3 aliphatic rings. The fourth-order valence-corrected chi connectivity index (χ4v) is 4.41. The Morgan fingerprint density at radius 2 is 2.14 bits per heavy atom. The lowest BCUT2D eigenvalue weighted by molar-refractivity contribution is -0.136. The van der Waals surface area contributed by atoms with Gasteiger partial charge in [0.1, 0.15) is 5.60 Å². The molecule has 0 aromatic carbocycles. The summed E-state index contributed by atoms with van der Waals surface area (Å²) in [4.78, 5) is 23.5. The van der Waals surface area contributed by atoms with Gasteiger partial charge in [-0.3, -0.25) is 9.59 Å². The lowest BCUT2D eigenvalue weighted by Gasteiger charge is -2.49. The van der Waals surface area contributed by atoms with Gasteiger partial charge in [-0.25, -0.2) is 0 Å². The molecule has 2 aliphatic carbocycles. The van der Waals surface area contributed by atoms with Gasteiger partial charge in [0.05, 0.1) is 18.3 Å². The van der Waals surface area contributed by atoms with Crippen molar-refractivity contribution in [1.82, 2.24) is 0 Å². The van der Waals surface area contributed by atoms with Crippen LogP contribution >= 0.6 is 0 Å². The number of ketones is 1. The highest BCUT2D eigenvalue weighted by Crippen LogP contribution is 2.66. The van der Waals surface area contributed by atoms with Gasteiger partial charge in [0.2, 0.25) is 0 Å². The molecule has 0 N–H and O–H groups in total. The third kappa shape index (κ3) is 1.85. The Bertz CT molecular complexity index is 561. The molecule has 5 atom stereocenters. The highest BCUT2D eigenvalue weighted by atomic mass is 16.6. The topological polar surface area (TPSA) is 55.9 Å². The van der Waals surface area contributed by atoms with Gasteiger partial charge in [-0.1, -0.05) is 13.8 Å². The molecule has 0 aromatic rings. The van der Waals surface area contributed by atoms with E-state index in [1.54, 1.807) is 6.08 Å². The van der Waals surface area contributed by atoms with Crippen molar-refractivity contribution in [2.45, 2.75) is 52.2 Å². The van der Waals surface area contributed by atoms with E-state index in [1.165, 1.54) is 13.2 Å². The van der Waals surface area contributed by atoms with Crippen molar-refractivity contribution in [3.8, 4) is 0 Å². The summed E-state index contributed by atoms with van der Waals surface area (Å²) in [6.07, 6.45) is 7.38. The molecule has 21 heavy (non-hydrogen) atoms. The van der Waals surface area contributed by atoms with Crippen LogP contribution in [0, 0.1) is 17.3 Å². The summed E-state index contributed by atoms with van der Waals surface area (Å²) in [6.45, 7) is 7.56. The van der Waals surface area contributed by atoms with E-state index in [9.17, 15) is 9.59 Å². The summed E-state index contributed by atoms with van der Waals surface area (Å²) >= 11 is 0. The summed E-state index contributed by atoms with van der Waals surface area (Å²) in [6, 6.07) is 0. The molecule has 0 radical (unpaired) electrons. The monoisotopic (exact) mass is 290 g/mol. The lowest BCUT2D eigenvalue weighted by atomic mass is 9.51. The summed E-state index contributed by atoms with van der Waals surface area (Å²) < 4.78 is 11.0. The quantitative estimate of drug-likeness (QED) is 0.446. The van der Waals surface area contributed by atoms with E-state index in [0.29, 0.717) is 5.92 Å². The van der Waals surface area contributed by atoms with Gasteiger partial charge in [-0.2, -0.15) is 0 Å². The van der Waals surface area contributed by atoms with Crippen molar-refractivity contribution in [1.29, 1.82) is 0 Å². The normalized spacial score (nSPS) is 44.9. The van der Waals surface area contributed by atoms with E-state index in [2.05, 4.69) is 13.8 Å². The van der Waals surface area contributed by atoms with E-state index in [-0.39, 0.29) is 34.8 Å². The van der Waals surface area contributed by atoms with Crippen molar-refractivity contribution < 1.29 is 19.1 Å². The standard InChI is InChI=1S/C17H22O4/c1-10(9-20-12(3)18)15-13(19)7-8-17-14(21-17)6-5-11(2)16(15,17)4/h7-9,11,14-15H,5-6H2,1-4H3. The number of hydrogen-bond acceptors (Lipinski definition) is 4. The highest BCUT2D eigenvalue weighted by molar-refractivity contribution is 5.96. The number of rotatable bonds is 2. The van der Waals surface area contributed by atoms with Gasteiger partial charge in [0, 0.05) is 12.3 Å². The number of allylic oxidation sites excluding steroid dienone is 2. The van der Waals surface area contributed by atoms with Crippen molar-refractivity contribution in [3.05, 3.63) is 24.0 Å². The van der Waals surface area contributed by atoms with Gasteiger partial charge < -0.3 is 9.47 Å². The van der Waals surface area contributed by atoms with Crippen LogP contribution in [0.15, 0.2) is 24.0 Å². The van der Waals surface area contributed by atoms with E-state index in [0.717, 1.165) is 18.4 Å². The summed E-state index contributed by atoms with van der Waals surface area (Å²) in [5.74, 6) is -0.213. The van der Waals surface area contributed by atoms with E-state index < -0.39 is 0 Å². The molecule has 1 aliphatic heterocycles. The van der Waals surface area contributed by atoms with Crippen LogP contribution in [-0.4, -0.2) is 23.5 Å². The second kappa shape index (κ2) is 4.54. The molecular formula is C17H22O4. The first-order valence-electron chi connectivity index (χ1n) is 7.57. The third-order valence-electron chi connectivity index (χ3n) is 5.73. The Kier molecular flexibility index (Phi) is 3.14. The molecule has 4 nitrogen and oxygen atoms in total. The molecule has 0 aromatic heterocycles. The Morgan fingerprint density at radius 3 is 2.81 bits per heavy atom. The number of epoxide rings is 1. The van der Waals surface area contributed by atoms with Crippen molar-refractivity contribution >= 4 is 11.8 Å². The zero-order chi connectivity index (χ0) is 15.4. The third-order valence-corrected chi connectivity index (χ3v) is 5.73. The van der Waals surface area contributed by atoms with Crippen molar-refractivity contribution in [2.24, 2.45) is 17.3 Å². The maximum atomic E-state index is 12.5. The number of ether oxygens (including phenoxy) is 2. The fourth-order valence-electron chi connectivity index (χ4n) is 4.41. The van der Waals surface area contributed by atoms with Crippen LogP contribution in [0.4, 0.5) is 0 Å². The molecule has 1 saturated heterocycles. The molecule has 3 rings (SSSR count). The van der Waals surface area contributed by atoms with Gasteiger partial charge in [-0.05, 0) is 43.4 Å². The van der Waals surface area contributed by atoms with Crippen LogP contribution in [0.5, 0.6) is 0 Å². The second-order valence-electron chi connectivity index (χ2n) is 6.80. The van der Waals surface area contributed by atoms with E-state index in [4.69, 9.17) is 9.47 Å². The highest BCUT2D eigenvalue weighted by Gasteiger charge is 2.73. The minimum absolute atomic E-state index is 0.0760. The van der Waals surface area contributed by atoms with Crippen molar-refractivity contribution in [2.75, 3.05) is 0 Å². The number of carbonyl (C=O) groups is 2. The number of carbonyl (C=O) groups excluding carboxylic acids is 2. The molecule has 1 heterocycles. The summed E-state index contributed by atoms with van der Waals surface area (Å²) in [5, 5.41) is 0. The van der Waals surface area contributed by atoms with Crippen LogP contribution in [0.1, 0.15) is 40.5 Å². The summed E-state index contributed by atoms with van der Waals surface area (Å²) in [5.41, 5.74) is 0.210. The minimum Gasteiger partial charge on any atom is -0.435 e. The summed E-state index contributed by atoms with van der Waals surface area (Å²) in [7, 11) is 0. The average molecular weight is 290 g/mol. The molecule has 0 amide bonds. The molecule has 1 spiro atoms. The van der Waals surface area contributed by atoms with Gasteiger partial charge in [0.25, 0.3) is 0 Å².